The van der Waals surface area contributed by atoms with Crippen LogP contribution in [0.2, 0.25) is 0 Å². The quantitative estimate of drug-likeness (QED) is 0.330. The largest absolute Gasteiger partial charge is 0.472 e. The summed E-state index contributed by atoms with van der Waals surface area (Å²) in [6.45, 7) is 7.47. The second kappa shape index (κ2) is 11.3. The number of fused-ring (bicyclic) bond motifs is 1. The van der Waals surface area contributed by atoms with Crippen LogP contribution in [0.3, 0.4) is 0 Å². The molecule has 0 aromatic carbocycles. The third kappa shape index (κ3) is 5.09. The van der Waals surface area contributed by atoms with Gasteiger partial charge in [-0.25, -0.2) is 4.79 Å². The lowest BCUT2D eigenvalue weighted by molar-refractivity contribution is -0.344. The molecule has 1 N–H and O–H groups in total. The summed E-state index contributed by atoms with van der Waals surface area (Å²) in [5.41, 5.74) is -7.41. The summed E-state index contributed by atoms with van der Waals surface area (Å²) in [6, 6.07) is 2.73. The first-order valence-corrected chi connectivity index (χ1v) is 14.4. The zero-order chi connectivity index (χ0) is 32.9. The van der Waals surface area contributed by atoms with Crippen LogP contribution in [0.5, 0.6) is 5.75 Å². The summed E-state index contributed by atoms with van der Waals surface area (Å²) in [5.74, 6) is -6.77. The standard InChI is InChI=1S/C31H36O14/c1-16(32)40-15-30-21(41-17(2)33)7-10-29(6,37)31(30)25(42-18(3)34)23(28(4,5)45-31)22(27(36)43-20-9-12-39-14-20)24(30)44-26(35)19-8-11-38-13-19/h8-9,11-14,21-25,37H,7,10,15H2,1-6H3/t21-,22+,23-,24?,25-,29+,30-,31+/m1/s1. The number of carbonyl (C=O) groups excluding carboxylic acids is 5. The Morgan fingerprint density at radius 1 is 0.889 bits per heavy atom. The highest BCUT2D eigenvalue weighted by Gasteiger charge is 2.87. The van der Waals surface area contributed by atoms with Crippen LogP contribution in [-0.2, 0) is 42.9 Å². The molecule has 45 heavy (non-hydrogen) atoms. The van der Waals surface area contributed by atoms with Gasteiger partial charge in [-0.15, -0.1) is 0 Å². The Morgan fingerprint density at radius 2 is 1.56 bits per heavy atom. The fourth-order valence-electron chi connectivity index (χ4n) is 7.76. The molecule has 2 aromatic heterocycles. The van der Waals surface area contributed by atoms with Crippen molar-refractivity contribution in [1.29, 1.82) is 0 Å². The maximum absolute atomic E-state index is 14.3. The molecule has 2 saturated carbocycles. The Labute approximate surface area is 258 Å². The first-order chi connectivity index (χ1) is 21.1. The number of aliphatic hydroxyl groups is 1. The molecule has 1 saturated heterocycles. The predicted octanol–water partition coefficient (Wildman–Crippen LogP) is 2.75. The molecule has 3 fully saturated rings. The van der Waals surface area contributed by atoms with Crippen LogP contribution in [0.25, 0.3) is 0 Å². The van der Waals surface area contributed by atoms with Gasteiger partial charge in [0, 0.05) is 32.8 Å². The number of ether oxygens (including phenoxy) is 6. The van der Waals surface area contributed by atoms with Gasteiger partial charge in [-0.3, -0.25) is 19.2 Å². The monoisotopic (exact) mass is 632 g/mol. The van der Waals surface area contributed by atoms with E-state index in [0.29, 0.717) is 0 Å². The van der Waals surface area contributed by atoms with Gasteiger partial charge in [0.2, 0.25) is 0 Å². The molecule has 5 rings (SSSR count). The molecule has 3 aliphatic rings. The topological polar surface area (TPSA) is 187 Å². The molecule has 3 heterocycles. The van der Waals surface area contributed by atoms with Gasteiger partial charge in [0.05, 0.1) is 29.3 Å². The average Bonchev–Trinajstić information content (AvgIpc) is 3.68. The van der Waals surface area contributed by atoms with E-state index in [9.17, 15) is 29.1 Å². The van der Waals surface area contributed by atoms with E-state index in [1.807, 2.05) is 0 Å². The molecule has 2 bridgehead atoms. The molecule has 1 unspecified atom stereocenters. The summed E-state index contributed by atoms with van der Waals surface area (Å²) in [5, 5.41) is 12.3. The average molecular weight is 633 g/mol. The van der Waals surface area contributed by atoms with E-state index in [1.54, 1.807) is 13.8 Å². The van der Waals surface area contributed by atoms with Crippen molar-refractivity contribution in [1.82, 2.24) is 0 Å². The summed E-state index contributed by atoms with van der Waals surface area (Å²) in [6.07, 6.45) is 0.390. The Hall–Kier alpha value is -4.17. The van der Waals surface area contributed by atoms with E-state index in [4.69, 9.17) is 37.3 Å². The fourth-order valence-corrected chi connectivity index (χ4v) is 7.76. The van der Waals surface area contributed by atoms with Crippen molar-refractivity contribution in [2.45, 2.75) is 89.5 Å². The molecule has 2 aliphatic carbocycles. The Balaban J connectivity index is 1.85. The van der Waals surface area contributed by atoms with Gasteiger partial charge in [0.1, 0.15) is 48.8 Å². The molecule has 244 valence electrons. The minimum atomic E-state index is -2.07. The van der Waals surface area contributed by atoms with Crippen molar-refractivity contribution in [3.8, 4) is 5.75 Å². The molecule has 0 amide bonds. The van der Waals surface area contributed by atoms with Crippen molar-refractivity contribution in [3.05, 3.63) is 42.7 Å². The van der Waals surface area contributed by atoms with Gasteiger partial charge in [0.15, 0.2) is 11.4 Å². The Bertz CT molecular complexity index is 1460. The first kappa shape index (κ1) is 32.2. The minimum absolute atomic E-state index is 0.0186. The molecule has 14 nitrogen and oxygen atoms in total. The first-order valence-electron chi connectivity index (χ1n) is 14.4. The summed E-state index contributed by atoms with van der Waals surface area (Å²) in [4.78, 5) is 65.9. The highest BCUT2D eigenvalue weighted by Crippen LogP contribution is 2.70. The Morgan fingerprint density at radius 3 is 2.13 bits per heavy atom. The Kier molecular flexibility index (Phi) is 8.11. The van der Waals surface area contributed by atoms with Crippen LogP contribution in [0.15, 0.2) is 46.0 Å². The second-order valence-corrected chi connectivity index (χ2v) is 12.5. The maximum Gasteiger partial charge on any atom is 0.341 e. The molecule has 1 spiro atoms. The number of esters is 5. The van der Waals surface area contributed by atoms with E-state index < -0.39 is 88.8 Å². The highest BCUT2D eigenvalue weighted by atomic mass is 16.6. The van der Waals surface area contributed by atoms with Crippen LogP contribution >= 0.6 is 0 Å². The number of rotatable bonds is 8. The van der Waals surface area contributed by atoms with E-state index in [2.05, 4.69) is 0 Å². The second-order valence-electron chi connectivity index (χ2n) is 12.5. The SMILES string of the molecule is CC(=O)OC[C@@]12C(OC(=O)c3ccoc3)[C@@H](C(=O)Oc3ccoc3)[C@@H]3[C@@H](OC(C)=O)[C@]1(OC3(C)C)[C@@](C)(O)CC[C@H]2OC(C)=O. The van der Waals surface area contributed by atoms with Gasteiger partial charge >= 0.3 is 29.8 Å². The van der Waals surface area contributed by atoms with Gasteiger partial charge < -0.3 is 42.4 Å². The lowest BCUT2D eigenvalue weighted by Gasteiger charge is -2.65. The van der Waals surface area contributed by atoms with E-state index in [1.165, 1.54) is 37.8 Å². The third-order valence-corrected chi connectivity index (χ3v) is 9.23. The third-order valence-electron chi connectivity index (χ3n) is 9.23. The zero-order valence-corrected chi connectivity index (χ0v) is 25.7. The number of hydrogen-bond donors (Lipinski definition) is 1. The van der Waals surface area contributed by atoms with E-state index >= 15 is 0 Å². The van der Waals surface area contributed by atoms with Gasteiger partial charge in [-0.1, -0.05) is 0 Å². The number of furan rings is 2. The summed E-state index contributed by atoms with van der Waals surface area (Å²) in [7, 11) is 0. The van der Waals surface area contributed by atoms with Crippen molar-refractivity contribution in [3.63, 3.8) is 0 Å². The summed E-state index contributed by atoms with van der Waals surface area (Å²) >= 11 is 0. The maximum atomic E-state index is 14.3. The molecule has 8 atom stereocenters. The number of carbonyl (C=O) groups is 5. The van der Waals surface area contributed by atoms with Gasteiger partial charge in [-0.05, 0) is 39.7 Å². The van der Waals surface area contributed by atoms with Gasteiger partial charge in [-0.2, -0.15) is 0 Å². The molecular weight excluding hydrogens is 596 g/mol. The number of hydrogen-bond acceptors (Lipinski definition) is 14. The molecule has 2 aromatic rings. The zero-order valence-electron chi connectivity index (χ0n) is 25.7. The molecule has 1 aliphatic heterocycles. The lowest BCUT2D eigenvalue weighted by atomic mass is 9.44. The van der Waals surface area contributed by atoms with E-state index in [0.717, 1.165) is 27.0 Å². The van der Waals surface area contributed by atoms with E-state index in [-0.39, 0.29) is 24.2 Å². The predicted molar refractivity (Wildman–Crippen MR) is 147 cm³/mol. The van der Waals surface area contributed by atoms with Crippen LogP contribution in [0.4, 0.5) is 0 Å². The van der Waals surface area contributed by atoms with Gasteiger partial charge in [0.25, 0.3) is 0 Å². The van der Waals surface area contributed by atoms with Crippen molar-refractivity contribution in [2.24, 2.45) is 17.3 Å². The van der Waals surface area contributed by atoms with Crippen LogP contribution in [0, 0.1) is 17.3 Å². The normalized spacial score (nSPS) is 34.6. The molecule has 14 heteroatoms. The van der Waals surface area contributed by atoms with Crippen molar-refractivity contribution >= 4 is 29.8 Å². The lowest BCUT2D eigenvalue weighted by Crippen LogP contribution is -2.83. The van der Waals surface area contributed by atoms with Crippen LogP contribution in [-0.4, -0.2) is 76.7 Å². The smallest absolute Gasteiger partial charge is 0.341 e. The van der Waals surface area contributed by atoms with Crippen molar-refractivity contribution < 1.29 is 66.3 Å². The molecule has 0 radical (unpaired) electrons. The summed E-state index contributed by atoms with van der Waals surface area (Å²) < 4.78 is 46.2. The highest BCUT2D eigenvalue weighted by molar-refractivity contribution is 5.89. The van der Waals surface area contributed by atoms with Crippen LogP contribution in [0.1, 0.15) is 64.7 Å². The molecular formula is C31H36O14. The minimum Gasteiger partial charge on any atom is -0.472 e. The fraction of sp³-hybridized carbons (Fsp3) is 0.581. The van der Waals surface area contributed by atoms with Crippen molar-refractivity contribution in [2.75, 3.05) is 6.61 Å². The van der Waals surface area contributed by atoms with Crippen LogP contribution < -0.4 is 4.74 Å².